The summed E-state index contributed by atoms with van der Waals surface area (Å²) in [6, 6.07) is 9.22. The number of ketones is 1. The van der Waals surface area contributed by atoms with E-state index in [4.69, 9.17) is 23.7 Å². The molecule has 0 bridgehead atoms. The lowest BCUT2D eigenvalue weighted by atomic mass is 10.0. The molecule has 0 aromatic heterocycles. The number of rotatable bonds is 14. The van der Waals surface area contributed by atoms with Crippen LogP contribution in [0.15, 0.2) is 30.3 Å². The molecule has 6 heteroatoms. The molecular formula is C25H34O6. The molecule has 0 radical (unpaired) electrons. The Morgan fingerprint density at radius 2 is 1.29 bits per heavy atom. The van der Waals surface area contributed by atoms with Crippen molar-refractivity contribution in [1.82, 2.24) is 0 Å². The van der Waals surface area contributed by atoms with Gasteiger partial charge in [0.15, 0.2) is 17.3 Å². The first-order valence-corrected chi connectivity index (χ1v) is 11.1. The van der Waals surface area contributed by atoms with Crippen molar-refractivity contribution in [3.63, 3.8) is 0 Å². The standard InChI is InChI=1S/C25H34O6/c1-6-27-19-12-14-23(29-8-3)18(15-19)11-13-22(26)21-16-20(28-7-2)17-24(30-9-4)25(21)31-10-5/h12,14-17H,6-11,13H2,1-5H3. The van der Waals surface area contributed by atoms with Gasteiger partial charge in [-0.1, -0.05) is 0 Å². The maximum atomic E-state index is 13.2. The number of hydrogen-bond donors (Lipinski definition) is 0. The van der Waals surface area contributed by atoms with Gasteiger partial charge in [0.05, 0.1) is 38.6 Å². The van der Waals surface area contributed by atoms with Crippen LogP contribution in [0, 0.1) is 0 Å². The highest BCUT2D eigenvalue weighted by Gasteiger charge is 2.20. The van der Waals surface area contributed by atoms with E-state index in [1.165, 1.54) is 0 Å². The monoisotopic (exact) mass is 430 g/mol. The van der Waals surface area contributed by atoms with Gasteiger partial charge in [0.1, 0.15) is 17.2 Å². The maximum absolute atomic E-state index is 13.2. The van der Waals surface area contributed by atoms with Crippen LogP contribution in [0.4, 0.5) is 0 Å². The Balaban J connectivity index is 2.33. The summed E-state index contributed by atoms with van der Waals surface area (Å²) < 4.78 is 28.5. The van der Waals surface area contributed by atoms with E-state index in [1.807, 2.05) is 52.8 Å². The Morgan fingerprint density at radius 1 is 0.677 bits per heavy atom. The second kappa shape index (κ2) is 12.7. The van der Waals surface area contributed by atoms with Gasteiger partial charge >= 0.3 is 0 Å². The van der Waals surface area contributed by atoms with Crippen LogP contribution in [0.2, 0.25) is 0 Å². The largest absolute Gasteiger partial charge is 0.494 e. The molecule has 0 atom stereocenters. The molecule has 2 aromatic carbocycles. The molecule has 0 unspecified atom stereocenters. The van der Waals surface area contributed by atoms with Crippen LogP contribution in [-0.2, 0) is 6.42 Å². The molecule has 0 spiro atoms. The van der Waals surface area contributed by atoms with Gasteiger partial charge in [-0.15, -0.1) is 0 Å². The van der Waals surface area contributed by atoms with E-state index in [1.54, 1.807) is 12.1 Å². The first-order chi connectivity index (χ1) is 15.1. The van der Waals surface area contributed by atoms with Crippen LogP contribution in [0.25, 0.3) is 0 Å². The highest BCUT2D eigenvalue weighted by atomic mass is 16.5. The quantitative estimate of drug-likeness (QED) is 0.369. The second-order valence-electron chi connectivity index (χ2n) is 6.66. The molecule has 0 saturated heterocycles. The molecule has 2 rings (SSSR count). The number of carbonyl (C=O) groups excluding carboxylic acids is 1. The summed E-state index contributed by atoms with van der Waals surface area (Å²) in [5.41, 5.74) is 1.40. The molecule has 0 aliphatic rings. The van der Waals surface area contributed by atoms with E-state index in [0.29, 0.717) is 62.3 Å². The van der Waals surface area contributed by atoms with Crippen LogP contribution < -0.4 is 23.7 Å². The zero-order valence-electron chi connectivity index (χ0n) is 19.3. The van der Waals surface area contributed by atoms with Gasteiger partial charge < -0.3 is 23.7 Å². The lowest BCUT2D eigenvalue weighted by molar-refractivity contribution is 0.0977. The molecule has 0 fully saturated rings. The molecular weight excluding hydrogens is 396 g/mol. The predicted octanol–water partition coefficient (Wildman–Crippen LogP) is 5.50. The highest BCUT2D eigenvalue weighted by Crippen LogP contribution is 2.37. The molecule has 170 valence electrons. The van der Waals surface area contributed by atoms with Crippen molar-refractivity contribution in [2.24, 2.45) is 0 Å². The van der Waals surface area contributed by atoms with Crippen LogP contribution in [0.3, 0.4) is 0 Å². The van der Waals surface area contributed by atoms with Crippen molar-refractivity contribution in [1.29, 1.82) is 0 Å². The molecule has 0 amide bonds. The molecule has 0 N–H and O–H groups in total. The Labute approximate surface area is 185 Å². The number of benzene rings is 2. The minimum absolute atomic E-state index is 0.0461. The molecule has 2 aromatic rings. The van der Waals surface area contributed by atoms with Crippen molar-refractivity contribution in [2.45, 2.75) is 47.5 Å². The van der Waals surface area contributed by atoms with Crippen molar-refractivity contribution >= 4 is 5.78 Å². The average Bonchev–Trinajstić information content (AvgIpc) is 2.76. The van der Waals surface area contributed by atoms with E-state index in [2.05, 4.69) is 0 Å². The van der Waals surface area contributed by atoms with Gasteiger partial charge in [-0.05, 0) is 70.9 Å². The van der Waals surface area contributed by atoms with Gasteiger partial charge in [0.2, 0.25) is 0 Å². The van der Waals surface area contributed by atoms with Crippen LogP contribution >= 0.6 is 0 Å². The third-order valence-electron chi connectivity index (χ3n) is 4.49. The summed E-state index contributed by atoms with van der Waals surface area (Å²) in [5, 5.41) is 0. The Morgan fingerprint density at radius 3 is 1.94 bits per heavy atom. The summed E-state index contributed by atoms with van der Waals surface area (Å²) >= 11 is 0. The average molecular weight is 431 g/mol. The molecule has 0 saturated carbocycles. The second-order valence-corrected chi connectivity index (χ2v) is 6.66. The number of hydrogen-bond acceptors (Lipinski definition) is 6. The third kappa shape index (κ3) is 6.81. The SMILES string of the molecule is CCOc1ccc(OCC)c(CCC(=O)c2cc(OCC)cc(OCC)c2OCC)c1. The lowest BCUT2D eigenvalue weighted by Crippen LogP contribution is -2.09. The molecule has 31 heavy (non-hydrogen) atoms. The minimum atomic E-state index is -0.0461. The fourth-order valence-electron chi connectivity index (χ4n) is 3.28. The lowest BCUT2D eigenvalue weighted by Gasteiger charge is -2.17. The first kappa shape index (κ1) is 24.4. The summed E-state index contributed by atoms with van der Waals surface area (Å²) in [7, 11) is 0. The Hall–Kier alpha value is -2.89. The van der Waals surface area contributed by atoms with E-state index in [-0.39, 0.29) is 12.2 Å². The fourth-order valence-corrected chi connectivity index (χ4v) is 3.28. The highest BCUT2D eigenvalue weighted by molar-refractivity contribution is 6.00. The smallest absolute Gasteiger partial charge is 0.172 e. The van der Waals surface area contributed by atoms with Gasteiger partial charge in [0, 0.05) is 12.5 Å². The summed E-state index contributed by atoms with van der Waals surface area (Å²) in [6.07, 6.45) is 0.806. The van der Waals surface area contributed by atoms with Crippen LogP contribution in [0.5, 0.6) is 28.7 Å². The van der Waals surface area contributed by atoms with E-state index in [9.17, 15) is 4.79 Å². The van der Waals surface area contributed by atoms with E-state index < -0.39 is 0 Å². The molecule has 0 heterocycles. The Bertz CT molecular complexity index is 846. The van der Waals surface area contributed by atoms with Gasteiger partial charge in [-0.2, -0.15) is 0 Å². The minimum Gasteiger partial charge on any atom is -0.494 e. The maximum Gasteiger partial charge on any atom is 0.172 e. The summed E-state index contributed by atoms with van der Waals surface area (Å²) in [6.45, 7) is 12.1. The zero-order valence-corrected chi connectivity index (χ0v) is 19.3. The number of aryl methyl sites for hydroxylation is 1. The van der Waals surface area contributed by atoms with E-state index >= 15 is 0 Å². The van der Waals surface area contributed by atoms with E-state index in [0.717, 1.165) is 17.1 Å². The summed E-state index contributed by atoms with van der Waals surface area (Å²) in [5.74, 6) is 3.06. The molecule has 0 aliphatic carbocycles. The van der Waals surface area contributed by atoms with Gasteiger partial charge in [-0.25, -0.2) is 0 Å². The van der Waals surface area contributed by atoms with Gasteiger partial charge in [-0.3, -0.25) is 4.79 Å². The number of ether oxygens (including phenoxy) is 5. The third-order valence-corrected chi connectivity index (χ3v) is 4.49. The van der Waals surface area contributed by atoms with Crippen LogP contribution in [0.1, 0.15) is 57.0 Å². The predicted molar refractivity (Wildman–Crippen MR) is 121 cm³/mol. The Kier molecular flexibility index (Phi) is 10.0. The fraction of sp³-hybridized carbons (Fsp3) is 0.480. The normalized spacial score (nSPS) is 10.5. The first-order valence-electron chi connectivity index (χ1n) is 11.1. The summed E-state index contributed by atoms with van der Waals surface area (Å²) in [4.78, 5) is 13.2. The van der Waals surface area contributed by atoms with Crippen molar-refractivity contribution in [2.75, 3.05) is 33.0 Å². The zero-order chi connectivity index (χ0) is 22.6. The molecule has 6 nitrogen and oxygen atoms in total. The van der Waals surface area contributed by atoms with Gasteiger partial charge in [0.25, 0.3) is 0 Å². The van der Waals surface area contributed by atoms with Crippen LogP contribution in [-0.4, -0.2) is 38.8 Å². The topological polar surface area (TPSA) is 63.2 Å². The van der Waals surface area contributed by atoms with Crippen molar-refractivity contribution in [3.05, 3.63) is 41.5 Å². The molecule has 0 aliphatic heterocycles. The van der Waals surface area contributed by atoms with Crippen molar-refractivity contribution in [3.8, 4) is 28.7 Å². The number of carbonyl (C=O) groups is 1. The number of Topliss-reactive ketones (excluding diaryl/α,β-unsaturated/α-hetero) is 1. The van der Waals surface area contributed by atoms with Crippen molar-refractivity contribution < 1.29 is 28.5 Å².